The topological polar surface area (TPSA) is 54.5 Å². The quantitative estimate of drug-likeness (QED) is 0.784. The lowest BCUT2D eigenvalue weighted by Gasteiger charge is -2.20. The molecule has 0 spiro atoms. The Labute approximate surface area is 124 Å². The van der Waals surface area contributed by atoms with Gasteiger partial charge in [-0.15, -0.1) is 11.3 Å². The molecule has 1 atom stereocenters. The molecule has 5 nitrogen and oxygen atoms in total. The maximum Gasteiger partial charge on any atom is 0.360 e. The van der Waals surface area contributed by atoms with E-state index in [9.17, 15) is 4.79 Å². The average Bonchev–Trinajstić information content (AvgIpc) is 3.07. The molecule has 1 aliphatic rings. The van der Waals surface area contributed by atoms with Crippen molar-refractivity contribution in [1.29, 1.82) is 0 Å². The predicted octanol–water partition coefficient (Wildman–Crippen LogP) is 2.46. The molecule has 0 bridgehead atoms. The lowest BCUT2D eigenvalue weighted by Crippen LogP contribution is -2.29. The molecule has 1 unspecified atom stereocenters. The number of rotatable bonds is 7. The number of likely N-dealkylation sites (tertiary alicyclic amines) is 1. The van der Waals surface area contributed by atoms with Crippen molar-refractivity contribution in [2.75, 3.05) is 38.1 Å². The molecule has 1 saturated heterocycles. The largest absolute Gasteiger partial charge is 0.461 e. The fraction of sp³-hybridized carbons (Fsp3) is 0.714. The standard InChI is InChI=1S/C14H23N3O2S/c1-3-19-14(18)12-13(20-10-16-12)15-8-11(2)9-17-6-4-5-7-17/h10-11,15H,3-9H2,1-2H3. The molecule has 0 radical (unpaired) electrons. The Hall–Kier alpha value is -1.14. The Morgan fingerprint density at radius 3 is 3.00 bits per heavy atom. The van der Waals surface area contributed by atoms with Crippen LogP contribution in [0, 0.1) is 5.92 Å². The zero-order valence-corrected chi connectivity index (χ0v) is 13.0. The first-order valence-corrected chi connectivity index (χ1v) is 8.15. The second-order valence-corrected chi connectivity index (χ2v) is 6.10. The number of carbonyl (C=O) groups is 1. The van der Waals surface area contributed by atoms with Crippen molar-refractivity contribution in [1.82, 2.24) is 9.88 Å². The molecule has 20 heavy (non-hydrogen) atoms. The molecule has 1 N–H and O–H groups in total. The minimum Gasteiger partial charge on any atom is -0.461 e. The van der Waals surface area contributed by atoms with E-state index in [-0.39, 0.29) is 5.97 Å². The first-order valence-electron chi connectivity index (χ1n) is 7.27. The SMILES string of the molecule is CCOC(=O)c1ncsc1NCC(C)CN1CCCC1. The van der Waals surface area contributed by atoms with Gasteiger partial charge in [-0.05, 0) is 38.8 Å². The third-order valence-corrected chi connectivity index (χ3v) is 4.20. The summed E-state index contributed by atoms with van der Waals surface area (Å²) in [6.07, 6.45) is 2.64. The van der Waals surface area contributed by atoms with E-state index >= 15 is 0 Å². The Balaban J connectivity index is 1.81. The highest BCUT2D eigenvalue weighted by atomic mass is 32.1. The molecule has 0 aromatic carbocycles. The van der Waals surface area contributed by atoms with Crippen molar-refractivity contribution in [3.63, 3.8) is 0 Å². The van der Waals surface area contributed by atoms with Gasteiger partial charge in [0.25, 0.3) is 0 Å². The van der Waals surface area contributed by atoms with Crippen LogP contribution in [0.1, 0.15) is 37.2 Å². The van der Waals surface area contributed by atoms with Crippen molar-refractivity contribution in [2.24, 2.45) is 5.92 Å². The Morgan fingerprint density at radius 1 is 1.55 bits per heavy atom. The predicted molar refractivity (Wildman–Crippen MR) is 81.4 cm³/mol. The lowest BCUT2D eigenvalue weighted by molar-refractivity contribution is 0.0521. The van der Waals surface area contributed by atoms with E-state index in [0.717, 1.165) is 18.1 Å². The van der Waals surface area contributed by atoms with E-state index in [1.165, 1.54) is 37.3 Å². The molecule has 2 rings (SSSR count). The van der Waals surface area contributed by atoms with Crippen LogP contribution in [-0.2, 0) is 4.74 Å². The van der Waals surface area contributed by atoms with Gasteiger partial charge < -0.3 is 15.0 Å². The molecule has 1 aromatic rings. The van der Waals surface area contributed by atoms with Gasteiger partial charge in [0.05, 0.1) is 12.1 Å². The maximum absolute atomic E-state index is 11.7. The van der Waals surface area contributed by atoms with Gasteiger partial charge in [-0.3, -0.25) is 0 Å². The van der Waals surface area contributed by atoms with Gasteiger partial charge in [-0.25, -0.2) is 9.78 Å². The van der Waals surface area contributed by atoms with E-state index < -0.39 is 0 Å². The third-order valence-electron chi connectivity index (χ3n) is 3.42. The van der Waals surface area contributed by atoms with E-state index in [0.29, 0.717) is 18.2 Å². The molecule has 0 amide bonds. The van der Waals surface area contributed by atoms with Crippen LogP contribution in [0.5, 0.6) is 0 Å². The number of hydrogen-bond donors (Lipinski definition) is 1. The van der Waals surface area contributed by atoms with Gasteiger partial charge in [0, 0.05) is 13.1 Å². The Morgan fingerprint density at radius 2 is 2.30 bits per heavy atom. The summed E-state index contributed by atoms with van der Waals surface area (Å²) in [7, 11) is 0. The van der Waals surface area contributed by atoms with Crippen LogP contribution in [0.3, 0.4) is 0 Å². The van der Waals surface area contributed by atoms with E-state index in [1.54, 1.807) is 12.4 Å². The van der Waals surface area contributed by atoms with E-state index in [1.807, 2.05) is 0 Å². The van der Waals surface area contributed by atoms with Gasteiger partial charge >= 0.3 is 5.97 Å². The smallest absolute Gasteiger partial charge is 0.360 e. The number of nitrogens with one attached hydrogen (secondary N) is 1. The van der Waals surface area contributed by atoms with Crippen LogP contribution in [0.2, 0.25) is 0 Å². The summed E-state index contributed by atoms with van der Waals surface area (Å²) < 4.78 is 5.00. The van der Waals surface area contributed by atoms with Crippen LogP contribution >= 0.6 is 11.3 Å². The highest BCUT2D eigenvalue weighted by molar-refractivity contribution is 7.14. The summed E-state index contributed by atoms with van der Waals surface area (Å²) in [5, 5.41) is 4.15. The van der Waals surface area contributed by atoms with Crippen molar-refractivity contribution >= 4 is 22.3 Å². The molecule has 6 heteroatoms. The van der Waals surface area contributed by atoms with Gasteiger partial charge in [0.2, 0.25) is 0 Å². The summed E-state index contributed by atoms with van der Waals surface area (Å²) in [5.41, 5.74) is 2.09. The third kappa shape index (κ3) is 4.18. The summed E-state index contributed by atoms with van der Waals surface area (Å²) in [5.74, 6) is 0.202. The zero-order chi connectivity index (χ0) is 14.4. The maximum atomic E-state index is 11.7. The van der Waals surface area contributed by atoms with Gasteiger partial charge in [-0.2, -0.15) is 0 Å². The molecule has 0 saturated carbocycles. The average molecular weight is 297 g/mol. The van der Waals surface area contributed by atoms with Gasteiger partial charge in [-0.1, -0.05) is 6.92 Å². The van der Waals surface area contributed by atoms with Crippen molar-refractivity contribution < 1.29 is 9.53 Å². The molecule has 1 fully saturated rings. The van der Waals surface area contributed by atoms with Gasteiger partial charge in [0.1, 0.15) is 5.00 Å². The number of carbonyl (C=O) groups excluding carboxylic acids is 1. The Bertz CT molecular complexity index is 430. The minimum atomic E-state index is -0.344. The number of anilines is 1. The summed E-state index contributed by atoms with van der Waals surface area (Å²) >= 11 is 1.45. The molecule has 112 valence electrons. The second kappa shape index (κ2) is 7.59. The summed E-state index contributed by atoms with van der Waals surface area (Å²) in [6.45, 7) is 8.82. The fourth-order valence-electron chi connectivity index (χ4n) is 2.45. The van der Waals surface area contributed by atoms with Crippen LogP contribution in [0.4, 0.5) is 5.00 Å². The van der Waals surface area contributed by atoms with Crippen LogP contribution < -0.4 is 5.32 Å². The van der Waals surface area contributed by atoms with Crippen molar-refractivity contribution in [3.05, 3.63) is 11.2 Å². The number of esters is 1. The van der Waals surface area contributed by atoms with Crippen LogP contribution in [0.25, 0.3) is 0 Å². The fourth-order valence-corrected chi connectivity index (χ4v) is 3.13. The second-order valence-electron chi connectivity index (χ2n) is 5.24. The van der Waals surface area contributed by atoms with Crippen molar-refractivity contribution in [3.8, 4) is 0 Å². The lowest BCUT2D eigenvalue weighted by atomic mass is 10.1. The molecule has 1 aliphatic heterocycles. The molecule has 0 aliphatic carbocycles. The molecule has 1 aromatic heterocycles. The number of hydrogen-bond acceptors (Lipinski definition) is 6. The number of ether oxygens (including phenoxy) is 1. The first-order chi connectivity index (χ1) is 9.70. The summed E-state index contributed by atoms with van der Waals surface area (Å²) in [4.78, 5) is 18.3. The molecular weight excluding hydrogens is 274 g/mol. The number of nitrogens with zero attached hydrogens (tertiary/aromatic N) is 2. The number of aromatic nitrogens is 1. The monoisotopic (exact) mass is 297 g/mol. The Kier molecular flexibility index (Phi) is 5.79. The normalized spacial score (nSPS) is 17.1. The highest BCUT2D eigenvalue weighted by Gasteiger charge is 2.18. The minimum absolute atomic E-state index is 0.344. The summed E-state index contributed by atoms with van der Waals surface area (Å²) in [6, 6.07) is 0. The first kappa shape index (κ1) is 15.3. The van der Waals surface area contributed by atoms with Crippen LogP contribution in [-0.4, -0.2) is 48.6 Å². The van der Waals surface area contributed by atoms with Crippen molar-refractivity contribution in [2.45, 2.75) is 26.7 Å². The van der Waals surface area contributed by atoms with E-state index in [2.05, 4.69) is 22.1 Å². The van der Waals surface area contributed by atoms with Crippen LogP contribution in [0.15, 0.2) is 5.51 Å². The van der Waals surface area contributed by atoms with E-state index in [4.69, 9.17) is 4.74 Å². The molecular formula is C14H23N3O2S. The molecule has 2 heterocycles. The van der Waals surface area contributed by atoms with Gasteiger partial charge in [0.15, 0.2) is 5.69 Å². The number of thiazole rings is 1. The highest BCUT2D eigenvalue weighted by Crippen LogP contribution is 2.21. The zero-order valence-electron chi connectivity index (χ0n) is 12.2.